The van der Waals surface area contributed by atoms with Gasteiger partial charge in [-0.2, -0.15) is 0 Å². The zero-order valence-corrected chi connectivity index (χ0v) is 17.3. The molecule has 1 aliphatic heterocycles. The van der Waals surface area contributed by atoms with Crippen molar-refractivity contribution in [2.45, 2.75) is 38.9 Å². The van der Waals surface area contributed by atoms with Crippen molar-refractivity contribution in [1.82, 2.24) is 14.4 Å². The lowest BCUT2D eigenvalue weighted by molar-refractivity contribution is 0.152. The Balaban J connectivity index is 2.09. The highest BCUT2D eigenvalue weighted by Crippen LogP contribution is 2.27. The zero-order valence-electron chi connectivity index (χ0n) is 17.3. The second-order valence-corrected chi connectivity index (χ2v) is 8.00. The highest BCUT2D eigenvalue weighted by molar-refractivity contribution is 5.64. The largest absolute Gasteiger partial charge is 0.396 e. The molecule has 1 aromatic heterocycles. The van der Waals surface area contributed by atoms with Gasteiger partial charge in [0.25, 0.3) is 5.56 Å². The highest BCUT2D eigenvalue weighted by atomic mass is 19.1. The van der Waals surface area contributed by atoms with Gasteiger partial charge in [-0.1, -0.05) is 0 Å². The first kappa shape index (κ1) is 21.6. The molecule has 0 fully saturated rings. The van der Waals surface area contributed by atoms with E-state index in [0.717, 1.165) is 30.3 Å². The van der Waals surface area contributed by atoms with Crippen molar-refractivity contribution < 1.29 is 13.9 Å². The van der Waals surface area contributed by atoms with Crippen molar-refractivity contribution in [3.8, 4) is 11.1 Å². The Hall–Kier alpha value is -2.09. The van der Waals surface area contributed by atoms with Crippen LogP contribution >= 0.6 is 0 Å². The van der Waals surface area contributed by atoms with Crippen LogP contribution in [0.1, 0.15) is 24.6 Å². The summed E-state index contributed by atoms with van der Waals surface area (Å²) < 4.78 is 29.6. The summed E-state index contributed by atoms with van der Waals surface area (Å²) in [7, 11) is 3.89. The standard InChI is InChI=1S/C22H29F2N3O2/c1-15(7-11-28)26-8-6-21-16(14-26)12-19(18-5-4-17(23)13-20(18)24)22(29)27(21)10-9-25(2)3/h4-5,12-13,15,28H,6-11,14H2,1-3H3. The van der Waals surface area contributed by atoms with Gasteiger partial charge in [0.1, 0.15) is 11.6 Å². The number of benzene rings is 1. The van der Waals surface area contributed by atoms with Crippen molar-refractivity contribution in [3.63, 3.8) is 0 Å². The van der Waals surface area contributed by atoms with E-state index in [0.29, 0.717) is 26.1 Å². The summed E-state index contributed by atoms with van der Waals surface area (Å²) in [6, 6.07) is 5.29. The molecule has 1 aliphatic rings. The molecule has 158 valence electrons. The Morgan fingerprint density at radius 2 is 1.97 bits per heavy atom. The molecule has 3 rings (SSSR count). The number of pyridine rings is 1. The second kappa shape index (κ2) is 9.15. The van der Waals surface area contributed by atoms with Crippen LogP contribution in [-0.4, -0.2) is 59.3 Å². The number of nitrogens with zero attached hydrogens (tertiary/aromatic N) is 3. The van der Waals surface area contributed by atoms with Crippen LogP contribution in [0.3, 0.4) is 0 Å². The average molecular weight is 405 g/mol. The molecule has 5 nitrogen and oxygen atoms in total. The molecule has 0 amide bonds. The molecule has 29 heavy (non-hydrogen) atoms. The first-order valence-electron chi connectivity index (χ1n) is 10.0. The number of aliphatic hydroxyl groups is 1. The highest BCUT2D eigenvalue weighted by Gasteiger charge is 2.25. The van der Waals surface area contributed by atoms with Crippen molar-refractivity contribution >= 4 is 0 Å². The Morgan fingerprint density at radius 1 is 1.21 bits per heavy atom. The first-order chi connectivity index (χ1) is 13.8. The zero-order chi connectivity index (χ0) is 21.1. The Labute approximate surface area is 170 Å². The molecule has 7 heteroatoms. The summed E-state index contributed by atoms with van der Waals surface area (Å²) in [5.74, 6) is -1.40. The molecular weight excluding hydrogens is 376 g/mol. The number of halogens is 2. The number of aromatic nitrogens is 1. The quantitative estimate of drug-likeness (QED) is 0.769. The van der Waals surface area contributed by atoms with Crippen LogP contribution in [0.15, 0.2) is 29.1 Å². The van der Waals surface area contributed by atoms with E-state index in [4.69, 9.17) is 0 Å². The minimum absolute atomic E-state index is 0.123. The molecular formula is C22H29F2N3O2. The molecule has 0 saturated heterocycles. The van der Waals surface area contributed by atoms with E-state index in [1.165, 1.54) is 12.1 Å². The molecule has 1 atom stereocenters. The van der Waals surface area contributed by atoms with Gasteiger partial charge in [-0.15, -0.1) is 0 Å². The number of likely N-dealkylation sites (N-methyl/N-ethyl adjacent to an activating group) is 1. The molecule has 1 unspecified atom stereocenters. The molecule has 0 radical (unpaired) electrons. The third-order valence-electron chi connectivity index (χ3n) is 5.66. The van der Waals surface area contributed by atoms with Crippen molar-refractivity contribution in [2.24, 2.45) is 0 Å². The summed E-state index contributed by atoms with van der Waals surface area (Å²) in [5.41, 5.74) is 2.11. The number of fused-ring (bicyclic) bond motifs is 1. The Morgan fingerprint density at radius 3 is 2.62 bits per heavy atom. The van der Waals surface area contributed by atoms with Gasteiger partial charge < -0.3 is 14.6 Å². The summed E-state index contributed by atoms with van der Waals surface area (Å²) in [5, 5.41) is 9.26. The van der Waals surface area contributed by atoms with Crippen LogP contribution in [0, 0.1) is 11.6 Å². The van der Waals surface area contributed by atoms with Crippen LogP contribution in [0.5, 0.6) is 0 Å². The Kier molecular flexibility index (Phi) is 6.82. The van der Waals surface area contributed by atoms with Crippen LogP contribution in [-0.2, 0) is 19.5 Å². The van der Waals surface area contributed by atoms with Crippen LogP contribution in [0.25, 0.3) is 11.1 Å². The van der Waals surface area contributed by atoms with E-state index in [2.05, 4.69) is 11.8 Å². The fraction of sp³-hybridized carbons (Fsp3) is 0.500. The fourth-order valence-corrected chi connectivity index (χ4v) is 3.92. The number of hydrogen-bond donors (Lipinski definition) is 1. The lowest BCUT2D eigenvalue weighted by Gasteiger charge is -2.35. The van der Waals surface area contributed by atoms with Crippen LogP contribution in [0.2, 0.25) is 0 Å². The van der Waals surface area contributed by atoms with Gasteiger partial charge in [-0.05, 0) is 51.2 Å². The molecule has 0 bridgehead atoms. The van der Waals surface area contributed by atoms with Crippen LogP contribution < -0.4 is 5.56 Å². The average Bonchev–Trinajstić information content (AvgIpc) is 2.67. The lowest BCUT2D eigenvalue weighted by Crippen LogP contribution is -2.41. The summed E-state index contributed by atoms with van der Waals surface area (Å²) in [6.07, 6.45) is 1.40. The number of rotatable bonds is 7. The molecule has 0 saturated carbocycles. The molecule has 0 spiro atoms. The molecule has 1 N–H and O–H groups in total. The van der Waals surface area contributed by atoms with E-state index >= 15 is 0 Å². The predicted octanol–water partition coefficient (Wildman–Crippen LogP) is 2.48. The first-order valence-corrected chi connectivity index (χ1v) is 10.0. The molecule has 1 aromatic carbocycles. The lowest BCUT2D eigenvalue weighted by atomic mass is 9.97. The van der Waals surface area contributed by atoms with Crippen molar-refractivity contribution in [2.75, 3.05) is 33.8 Å². The smallest absolute Gasteiger partial charge is 0.258 e. The maximum absolute atomic E-state index is 14.5. The minimum atomic E-state index is -0.734. The molecule has 0 aliphatic carbocycles. The van der Waals surface area contributed by atoms with Gasteiger partial charge in [0.05, 0.1) is 5.56 Å². The maximum Gasteiger partial charge on any atom is 0.258 e. The van der Waals surface area contributed by atoms with Gasteiger partial charge in [-0.3, -0.25) is 9.69 Å². The molecule has 2 heterocycles. The van der Waals surface area contributed by atoms with E-state index < -0.39 is 11.6 Å². The maximum atomic E-state index is 14.5. The van der Waals surface area contributed by atoms with Gasteiger partial charge in [0, 0.05) is 62.6 Å². The summed E-state index contributed by atoms with van der Waals surface area (Å²) in [6.45, 7) is 4.83. The third-order valence-corrected chi connectivity index (χ3v) is 5.66. The second-order valence-electron chi connectivity index (χ2n) is 8.00. The predicted molar refractivity (Wildman–Crippen MR) is 110 cm³/mol. The van der Waals surface area contributed by atoms with E-state index in [-0.39, 0.29) is 29.3 Å². The number of hydrogen-bond acceptors (Lipinski definition) is 4. The van der Waals surface area contributed by atoms with Crippen LogP contribution in [0.4, 0.5) is 8.78 Å². The fourth-order valence-electron chi connectivity index (χ4n) is 3.92. The summed E-state index contributed by atoms with van der Waals surface area (Å²) >= 11 is 0. The molecule has 2 aromatic rings. The van der Waals surface area contributed by atoms with Crippen molar-refractivity contribution in [3.05, 3.63) is 57.5 Å². The third kappa shape index (κ3) is 4.74. The minimum Gasteiger partial charge on any atom is -0.396 e. The van der Waals surface area contributed by atoms with Gasteiger partial charge in [0.2, 0.25) is 0 Å². The van der Waals surface area contributed by atoms with E-state index in [1.807, 2.05) is 19.0 Å². The normalized spacial score (nSPS) is 15.6. The SMILES string of the molecule is CC(CCO)N1CCc2c(cc(-c3ccc(F)cc3F)c(=O)n2CCN(C)C)C1. The summed E-state index contributed by atoms with van der Waals surface area (Å²) in [4.78, 5) is 17.5. The van der Waals surface area contributed by atoms with Gasteiger partial charge in [-0.25, -0.2) is 8.78 Å². The monoisotopic (exact) mass is 405 g/mol. The van der Waals surface area contributed by atoms with Gasteiger partial charge in [0.15, 0.2) is 0 Å². The van der Waals surface area contributed by atoms with E-state index in [9.17, 15) is 18.7 Å². The topological polar surface area (TPSA) is 48.7 Å². The van der Waals surface area contributed by atoms with Crippen molar-refractivity contribution in [1.29, 1.82) is 0 Å². The Bertz CT molecular complexity index is 927. The van der Waals surface area contributed by atoms with E-state index in [1.54, 1.807) is 10.6 Å². The number of aliphatic hydroxyl groups excluding tert-OH is 1. The van der Waals surface area contributed by atoms with Gasteiger partial charge >= 0.3 is 0 Å².